The van der Waals surface area contributed by atoms with Crippen molar-refractivity contribution in [2.45, 2.75) is 39.5 Å². The third kappa shape index (κ3) is 7.70. The van der Waals surface area contributed by atoms with Gasteiger partial charge >= 0.3 is 41.5 Å². The molecule has 4 aromatic heterocycles. The molecular weight excluding hydrogens is 934 g/mol. The summed E-state index contributed by atoms with van der Waals surface area (Å²) in [6.45, 7) is 8.59. The van der Waals surface area contributed by atoms with Gasteiger partial charge in [0, 0.05) is 35.4 Å². The summed E-state index contributed by atoms with van der Waals surface area (Å²) in [5.41, 5.74) is 6.79. The molecule has 0 aliphatic rings. The van der Waals surface area contributed by atoms with E-state index in [4.69, 9.17) is 9.47 Å². The van der Waals surface area contributed by atoms with Gasteiger partial charge in [0.1, 0.15) is 12.7 Å². The Morgan fingerprint density at radius 1 is 0.566 bits per heavy atom. The molecule has 0 amide bonds. The molecule has 0 aliphatic heterocycles. The van der Waals surface area contributed by atoms with Crippen LogP contribution in [0.2, 0.25) is 0 Å². The van der Waals surface area contributed by atoms with E-state index in [1.54, 1.807) is 12.4 Å². The van der Waals surface area contributed by atoms with Crippen molar-refractivity contribution < 1.29 is 51.0 Å². The molecule has 8 nitrogen and oxygen atoms in total. The predicted molar refractivity (Wildman–Crippen MR) is 197 cm³/mol. The fourth-order valence-electron chi connectivity index (χ4n) is 6.10. The first kappa shape index (κ1) is 37.7. The molecule has 8 rings (SSSR count). The first-order valence-corrected chi connectivity index (χ1v) is 16.8. The molecule has 266 valence electrons. The molecule has 0 spiro atoms. The van der Waals surface area contributed by atoms with Gasteiger partial charge in [0.25, 0.3) is 0 Å². The molecule has 0 fully saturated rings. The first-order chi connectivity index (χ1) is 24.9. The zero-order valence-corrected chi connectivity index (χ0v) is 33.0. The predicted octanol–water partition coefficient (Wildman–Crippen LogP) is 10.1. The molecule has 0 bridgehead atoms. The van der Waals surface area contributed by atoms with Gasteiger partial charge in [0.15, 0.2) is 0 Å². The Balaban J connectivity index is 0.00000240. The van der Waals surface area contributed by atoms with Crippen molar-refractivity contribution in [1.82, 2.24) is 29.5 Å². The number of hydrogen-bond acceptors (Lipinski definition) is 7. The van der Waals surface area contributed by atoms with Crippen LogP contribution < -0.4 is 9.47 Å². The number of benzene rings is 4. The van der Waals surface area contributed by atoms with Gasteiger partial charge in [-0.25, -0.2) is 15.0 Å². The Morgan fingerprint density at radius 3 is 1.45 bits per heavy atom. The maximum absolute atomic E-state index is 6.59. The SMILES string of the molecule is CC(C)c1cc2c3cc(C(C)C)c(Oc4[c-]c(-c5ccccn5)ccc4)[c-]c3n(-c3ncncn3)c2[c-]c1Oc1[c-]c(-c2ccccn2)ccc1.[Pd+2].[Pt+2]. The summed E-state index contributed by atoms with van der Waals surface area (Å²) in [4.78, 5) is 22.2. The van der Waals surface area contributed by atoms with Gasteiger partial charge in [-0.3, -0.25) is 0 Å². The van der Waals surface area contributed by atoms with Crippen LogP contribution in [0.3, 0.4) is 0 Å². The third-order valence-electron chi connectivity index (χ3n) is 8.60. The summed E-state index contributed by atoms with van der Waals surface area (Å²) in [5, 5.41) is 1.95. The molecule has 4 heterocycles. The fraction of sp³-hybridized carbons (Fsp3) is 0.140. The minimum Gasteiger partial charge on any atom is -0.503 e. The Hall–Kier alpha value is -5.06. The number of ether oxygens (including phenoxy) is 2. The number of hydrogen-bond donors (Lipinski definition) is 0. The van der Waals surface area contributed by atoms with Crippen LogP contribution >= 0.6 is 0 Å². The number of aromatic nitrogens is 6. The van der Waals surface area contributed by atoms with Gasteiger partial charge in [-0.15, -0.1) is 70.8 Å². The number of pyridine rings is 2. The van der Waals surface area contributed by atoms with Crippen LogP contribution in [0.5, 0.6) is 23.0 Å². The van der Waals surface area contributed by atoms with Crippen LogP contribution in [-0.4, -0.2) is 29.5 Å². The van der Waals surface area contributed by atoms with Gasteiger partial charge in [0.2, 0.25) is 5.95 Å². The number of rotatable bonds is 9. The van der Waals surface area contributed by atoms with E-state index in [1.165, 1.54) is 12.7 Å². The molecule has 0 saturated carbocycles. The smallest absolute Gasteiger partial charge is 0.503 e. The van der Waals surface area contributed by atoms with Gasteiger partial charge in [-0.05, 0) is 23.5 Å². The van der Waals surface area contributed by atoms with E-state index in [-0.39, 0.29) is 53.3 Å². The van der Waals surface area contributed by atoms with Crippen LogP contribution in [0.1, 0.15) is 50.7 Å². The van der Waals surface area contributed by atoms with Crippen molar-refractivity contribution >= 4 is 21.8 Å². The Labute approximate surface area is 336 Å². The summed E-state index contributed by atoms with van der Waals surface area (Å²) in [6, 6.07) is 41.6. The van der Waals surface area contributed by atoms with Crippen LogP contribution in [0.25, 0.3) is 50.3 Å². The molecule has 53 heavy (non-hydrogen) atoms. The quantitative estimate of drug-likeness (QED) is 0.105. The zero-order chi connectivity index (χ0) is 34.9. The molecule has 0 N–H and O–H groups in total. The maximum atomic E-state index is 6.59. The van der Waals surface area contributed by atoms with E-state index >= 15 is 0 Å². The molecule has 0 atom stereocenters. The van der Waals surface area contributed by atoms with E-state index in [9.17, 15) is 0 Å². The largest absolute Gasteiger partial charge is 2.00 e. The van der Waals surface area contributed by atoms with Gasteiger partial charge in [-0.2, -0.15) is 22.9 Å². The second kappa shape index (κ2) is 16.3. The average Bonchev–Trinajstić information content (AvgIpc) is 3.47. The number of fused-ring (bicyclic) bond motifs is 3. The fourth-order valence-corrected chi connectivity index (χ4v) is 6.10. The standard InChI is InChI=1S/C43H32N6O2.Pd.Pt/c1-27(2)33-21-35-36-22-34(28(3)4)42(51-32-14-10-12-30(20-32)38-16-6-8-18-46-38)24-40(36)49(43-47-25-44-26-48-43)39(35)23-41(33)50-31-13-9-11-29(19-31)37-15-5-7-17-45-37;;/h5-18,21-22,25-28H,1-4H3;;/q-4;2*+2. The third-order valence-corrected chi connectivity index (χ3v) is 8.60. The van der Waals surface area contributed by atoms with Crippen molar-refractivity contribution in [3.63, 3.8) is 0 Å². The summed E-state index contributed by atoms with van der Waals surface area (Å²) in [7, 11) is 0. The molecule has 0 saturated heterocycles. The van der Waals surface area contributed by atoms with Gasteiger partial charge in [0.05, 0.1) is 0 Å². The Kier molecular flexibility index (Phi) is 11.6. The molecule has 0 aliphatic carbocycles. The molecule has 0 radical (unpaired) electrons. The summed E-state index contributed by atoms with van der Waals surface area (Å²) in [5.74, 6) is 3.00. The topological polar surface area (TPSA) is 87.8 Å². The van der Waals surface area contributed by atoms with E-state index in [2.05, 4.69) is 89.0 Å². The second-order valence-electron chi connectivity index (χ2n) is 12.7. The summed E-state index contributed by atoms with van der Waals surface area (Å²) >= 11 is 0. The van der Waals surface area contributed by atoms with E-state index in [0.29, 0.717) is 28.9 Å². The van der Waals surface area contributed by atoms with Gasteiger partial charge in [-0.1, -0.05) is 87.0 Å². The zero-order valence-electron chi connectivity index (χ0n) is 29.2. The van der Waals surface area contributed by atoms with Crippen molar-refractivity contribution in [3.8, 4) is 51.5 Å². The molecule has 10 heteroatoms. The summed E-state index contributed by atoms with van der Waals surface area (Å²) < 4.78 is 15.1. The van der Waals surface area contributed by atoms with E-state index in [0.717, 1.165) is 55.4 Å². The number of nitrogens with zero attached hydrogens (tertiary/aromatic N) is 6. The Bertz CT molecular complexity index is 2340. The Morgan fingerprint density at radius 2 is 1.04 bits per heavy atom. The van der Waals surface area contributed by atoms with Crippen LogP contribution in [0, 0.1) is 24.3 Å². The maximum Gasteiger partial charge on any atom is 2.00 e. The molecule has 0 unspecified atom stereocenters. The van der Waals surface area contributed by atoms with Crippen LogP contribution in [0.4, 0.5) is 0 Å². The average molecular weight is 966 g/mol. The van der Waals surface area contributed by atoms with E-state index < -0.39 is 0 Å². The summed E-state index contributed by atoms with van der Waals surface area (Å²) in [6.07, 6.45) is 6.50. The van der Waals surface area contributed by atoms with E-state index in [1.807, 2.05) is 77.4 Å². The molecule has 8 aromatic rings. The normalized spacial score (nSPS) is 11.1. The molecular formula is C43H32N6O2PdPt. The molecule has 4 aromatic carbocycles. The minimum absolute atomic E-state index is 0. The van der Waals surface area contributed by atoms with Gasteiger partial charge < -0.3 is 24.0 Å². The van der Waals surface area contributed by atoms with Crippen molar-refractivity contribution in [2.24, 2.45) is 0 Å². The van der Waals surface area contributed by atoms with Crippen LogP contribution in [0.15, 0.2) is 110 Å². The van der Waals surface area contributed by atoms with Crippen molar-refractivity contribution in [2.75, 3.05) is 0 Å². The van der Waals surface area contributed by atoms with Crippen LogP contribution in [-0.2, 0) is 41.5 Å². The van der Waals surface area contributed by atoms with Crippen molar-refractivity contribution in [1.29, 1.82) is 0 Å². The van der Waals surface area contributed by atoms with Crippen molar-refractivity contribution in [3.05, 3.63) is 145 Å². The minimum atomic E-state index is 0. The first-order valence-electron chi connectivity index (χ1n) is 16.8. The second-order valence-corrected chi connectivity index (χ2v) is 12.7. The monoisotopic (exact) mass is 965 g/mol.